The minimum atomic E-state index is 0.178. The van der Waals surface area contributed by atoms with E-state index in [2.05, 4.69) is 41.8 Å². The molecule has 1 atom stereocenters. The third kappa shape index (κ3) is 3.30. The molecule has 92 valence electrons. The van der Waals surface area contributed by atoms with Crippen LogP contribution >= 0.6 is 0 Å². The molecule has 1 saturated heterocycles. The van der Waals surface area contributed by atoms with Crippen LogP contribution in [0.1, 0.15) is 30.9 Å². The Morgan fingerprint density at radius 1 is 1.35 bits per heavy atom. The van der Waals surface area contributed by atoms with Crippen LogP contribution in [0.4, 0.5) is 0 Å². The summed E-state index contributed by atoms with van der Waals surface area (Å²) in [6.45, 7) is 3.83. The van der Waals surface area contributed by atoms with Crippen molar-refractivity contribution in [2.75, 3.05) is 6.54 Å². The molecule has 1 unspecified atom stereocenters. The van der Waals surface area contributed by atoms with Crippen molar-refractivity contribution in [3.05, 3.63) is 35.4 Å². The lowest BCUT2D eigenvalue weighted by Gasteiger charge is -2.24. The van der Waals surface area contributed by atoms with Gasteiger partial charge in [-0.1, -0.05) is 31.2 Å². The Kier molecular flexibility index (Phi) is 4.15. The molecule has 0 spiro atoms. The molecule has 1 aromatic rings. The lowest BCUT2D eigenvalue weighted by molar-refractivity contribution is -0.122. The number of amides is 1. The van der Waals surface area contributed by atoms with Crippen LogP contribution in [0, 0.1) is 0 Å². The Bertz CT molecular complexity index is 380. The number of nitrogens with one attached hydrogen (secondary N) is 2. The number of rotatable bonds is 4. The second kappa shape index (κ2) is 5.82. The minimum Gasteiger partial charge on any atom is -0.355 e. The van der Waals surface area contributed by atoms with E-state index in [1.807, 2.05) is 0 Å². The maximum Gasteiger partial charge on any atom is 0.220 e. The summed E-state index contributed by atoms with van der Waals surface area (Å²) < 4.78 is 0. The van der Waals surface area contributed by atoms with Crippen LogP contribution in [0.3, 0.4) is 0 Å². The summed E-state index contributed by atoms with van der Waals surface area (Å²) in [5.74, 6) is 0.178. The van der Waals surface area contributed by atoms with Crippen LogP contribution in [-0.4, -0.2) is 18.5 Å². The van der Waals surface area contributed by atoms with Crippen LogP contribution in [0.25, 0.3) is 0 Å². The van der Waals surface area contributed by atoms with E-state index in [0.717, 1.165) is 25.9 Å². The molecule has 1 aliphatic rings. The Hall–Kier alpha value is -1.35. The fraction of sp³-hybridized carbons (Fsp3) is 0.500. The van der Waals surface area contributed by atoms with Gasteiger partial charge >= 0.3 is 0 Å². The van der Waals surface area contributed by atoms with Crippen molar-refractivity contribution in [3.8, 4) is 0 Å². The van der Waals surface area contributed by atoms with Crippen molar-refractivity contribution in [1.29, 1.82) is 0 Å². The van der Waals surface area contributed by atoms with Gasteiger partial charge in [-0.15, -0.1) is 0 Å². The molecule has 0 bridgehead atoms. The first-order valence-corrected chi connectivity index (χ1v) is 6.36. The molecule has 1 aromatic carbocycles. The lowest BCUT2D eigenvalue weighted by Crippen LogP contribution is -2.45. The highest BCUT2D eigenvalue weighted by molar-refractivity contribution is 5.76. The molecule has 3 nitrogen and oxygen atoms in total. The fourth-order valence-corrected chi connectivity index (χ4v) is 2.24. The van der Waals surface area contributed by atoms with Crippen LogP contribution in [0.2, 0.25) is 0 Å². The molecule has 0 aliphatic carbocycles. The first kappa shape index (κ1) is 12.1. The van der Waals surface area contributed by atoms with E-state index in [0.29, 0.717) is 12.5 Å². The van der Waals surface area contributed by atoms with Crippen molar-refractivity contribution in [2.24, 2.45) is 0 Å². The summed E-state index contributed by atoms with van der Waals surface area (Å²) >= 11 is 0. The summed E-state index contributed by atoms with van der Waals surface area (Å²) in [5.41, 5.74) is 2.77. The molecule has 0 aromatic heterocycles. The number of hydrogen-bond acceptors (Lipinski definition) is 2. The van der Waals surface area contributed by atoms with Crippen molar-refractivity contribution < 1.29 is 4.79 Å². The van der Waals surface area contributed by atoms with Crippen LogP contribution in [0.15, 0.2) is 24.3 Å². The van der Waals surface area contributed by atoms with Gasteiger partial charge in [0.15, 0.2) is 0 Å². The molecule has 1 aliphatic heterocycles. The molecule has 0 radical (unpaired) electrons. The largest absolute Gasteiger partial charge is 0.355 e. The Morgan fingerprint density at radius 3 is 2.76 bits per heavy atom. The first-order valence-electron chi connectivity index (χ1n) is 6.36. The van der Waals surface area contributed by atoms with E-state index in [-0.39, 0.29) is 5.91 Å². The summed E-state index contributed by atoms with van der Waals surface area (Å²) in [5, 5.41) is 6.41. The highest BCUT2D eigenvalue weighted by Crippen LogP contribution is 2.10. The summed E-state index contributed by atoms with van der Waals surface area (Å²) in [6.07, 6.45) is 2.66. The van der Waals surface area contributed by atoms with E-state index in [1.54, 1.807) is 0 Å². The van der Waals surface area contributed by atoms with Crippen molar-refractivity contribution in [1.82, 2.24) is 10.6 Å². The number of hydrogen-bond donors (Lipinski definition) is 2. The summed E-state index contributed by atoms with van der Waals surface area (Å²) in [4.78, 5) is 11.0. The van der Waals surface area contributed by atoms with Gasteiger partial charge < -0.3 is 10.6 Å². The van der Waals surface area contributed by atoms with Gasteiger partial charge in [0, 0.05) is 25.6 Å². The van der Waals surface area contributed by atoms with Crippen LogP contribution < -0.4 is 10.6 Å². The van der Waals surface area contributed by atoms with Gasteiger partial charge in [0.05, 0.1) is 0 Å². The molecule has 2 N–H and O–H groups in total. The number of carbonyl (C=O) groups is 1. The van der Waals surface area contributed by atoms with Gasteiger partial charge in [-0.2, -0.15) is 0 Å². The number of carbonyl (C=O) groups excluding carboxylic acids is 1. The minimum absolute atomic E-state index is 0.178. The van der Waals surface area contributed by atoms with Crippen molar-refractivity contribution in [2.45, 2.75) is 38.8 Å². The summed E-state index contributed by atoms with van der Waals surface area (Å²) in [7, 11) is 0. The quantitative estimate of drug-likeness (QED) is 0.828. The Morgan fingerprint density at radius 2 is 2.12 bits per heavy atom. The number of benzene rings is 1. The average molecular weight is 232 g/mol. The van der Waals surface area contributed by atoms with Gasteiger partial charge in [-0.25, -0.2) is 0 Å². The third-order valence-corrected chi connectivity index (χ3v) is 3.35. The SMILES string of the molecule is CCc1ccccc1CNC1CCC(=O)NC1. The van der Waals surface area contributed by atoms with E-state index < -0.39 is 0 Å². The average Bonchev–Trinajstić information content (AvgIpc) is 2.38. The number of piperidine rings is 1. The molecular formula is C14H20N2O. The zero-order chi connectivity index (χ0) is 12.1. The standard InChI is InChI=1S/C14H20N2O/c1-2-11-5-3-4-6-12(11)9-15-13-7-8-14(17)16-10-13/h3-6,13,15H,2,7-10H2,1H3,(H,16,17). The van der Waals surface area contributed by atoms with E-state index in [9.17, 15) is 4.79 Å². The van der Waals surface area contributed by atoms with Crippen LogP contribution in [-0.2, 0) is 17.8 Å². The first-order chi connectivity index (χ1) is 8.29. The monoisotopic (exact) mass is 232 g/mol. The zero-order valence-corrected chi connectivity index (χ0v) is 10.3. The van der Waals surface area contributed by atoms with E-state index >= 15 is 0 Å². The second-order valence-corrected chi connectivity index (χ2v) is 4.54. The molecular weight excluding hydrogens is 212 g/mol. The third-order valence-electron chi connectivity index (χ3n) is 3.35. The topological polar surface area (TPSA) is 41.1 Å². The van der Waals surface area contributed by atoms with Gasteiger partial charge in [0.1, 0.15) is 0 Å². The highest BCUT2D eigenvalue weighted by atomic mass is 16.1. The predicted octanol–water partition coefficient (Wildman–Crippen LogP) is 1.62. The molecule has 2 rings (SSSR count). The Labute approximate surface area is 103 Å². The smallest absolute Gasteiger partial charge is 0.220 e. The normalized spacial score (nSPS) is 20.1. The molecule has 1 amide bonds. The van der Waals surface area contributed by atoms with Crippen molar-refractivity contribution >= 4 is 5.91 Å². The Balaban J connectivity index is 1.87. The van der Waals surface area contributed by atoms with E-state index in [4.69, 9.17) is 0 Å². The molecule has 3 heteroatoms. The van der Waals surface area contributed by atoms with Crippen molar-refractivity contribution in [3.63, 3.8) is 0 Å². The van der Waals surface area contributed by atoms with E-state index in [1.165, 1.54) is 11.1 Å². The second-order valence-electron chi connectivity index (χ2n) is 4.54. The lowest BCUT2D eigenvalue weighted by atomic mass is 10.0. The predicted molar refractivity (Wildman–Crippen MR) is 68.7 cm³/mol. The maximum atomic E-state index is 11.0. The van der Waals surface area contributed by atoms with Gasteiger partial charge in [0.25, 0.3) is 0 Å². The number of aryl methyl sites for hydroxylation is 1. The summed E-state index contributed by atoms with van der Waals surface area (Å²) in [6, 6.07) is 8.94. The van der Waals surface area contributed by atoms with Gasteiger partial charge in [0.2, 0.25) is 5.91 Å². The zero-order valence-electron chi connectivity index (χ0n) is 10.3. The maximum absolute atomic E-state index is 11.0. The van der Waals surface area contributed by atoms with Gasteiger partial charge in [-0.3, -0.25) is 4.79 Å². The molecule has 0 saturated carbocycles. The van der Waals surface area contributed by atoms with Crippen LogP contribution in [0.5, 0.6) is 0 Å². The highest BCUT2D eigenvalue weighted by Gasteiger charge is 2.17. The molecule has 1 fully saturated rings. The fourth-order valence-electron chi connectivity index (χ4n) is 2.24. The molecule has 17 heavy (non-hydrogen) atoms. The van der Waals surface area contributed by atoms with Gasteiger partial charge in [-0.05, 0) is 24.0 Å². The molecule has 1 heterocycles.